The summed E-state index contributed by atoms with van der Waals surface area (Å²) in [5.41, 5.74) is 2.07. The van der Waals surface area contributed by atoms with Gasteiger partial charge < -0.3 is 34.9 Å². The number of rotatable bonds is 15. The summed E-state index contributed by atoms with van der Waals surface area (Å²) in [4.78, 5) is 50.7. The summed E-state index contributed by atoms with van der Waals surface area (Å²) in [6, 6.07) is 14.2. The number of anilines is 3. The number of ether oxygens (including phenoxy) is 4. The lowest BCUT2D eigenvalue weighted by Gasteiger charge is -2.19. The minimum Gasteiger partial charge on any atom is -0.491 e. The Morgan fingerprint density at radius 2 is 1.06 bits per heavy atom. The SMILES string of the molecule is CCC(C)Oc1cc(C(=O)Nc2ccc(C(=O)OC)cc2OC(C)CC)ccc1NC(=O)c1ccc(NC(C)=O)c(OCC(C)C)c1. The number of nitrogens with one attached hydrogen (secondary N) is 3. The Hall–Kier alpha value is -5.06. The number of hydrogen-bond donors (Lipinski definition) is 3. The Bertz CT molecular complexity index is 1590. The summed E-state index contributed by atoms with van der Waals surface area (Å²) in [5.74, 6) is -0.419. The number of amides is 3. The molecule has 0 aromatic heterocycles. The Labute approximate surface area is 276 Å². The molecule has 0 heterocycles. The standard InChI is InChI=1S/C36H45N3O8/c1-9-22(5)46-32-18-26(35(42)39-30-16-13-27(36(43)44-8)19-33(30)47-23(6)10-2)12-15-29(32)38-34(41)25-11-14-28(37-24(7)40)31(17-25)45-20-21(3)4/h11-19,21-23H,9-10,20H2,1-8H3,(H,37,40)(H,38,41)(H,39,42). The molecular weight excluding hydrogens is 602 g/mol. The summed E-state index contributed by atoms with van der Waals surface area (Å²) in [7, 11) is 1.29. The van der Waals surface area contributed by atoms with E-state index < -0.39 is 17.8 Å². The quantitative estimate of drug-likeness (QED) is 0.146. The summed E-state index contributed by atoms with van der Waals surface area (Å²) in [5, 5.41) is 8.47. The molecule has 3 rings (SSSR count). The lowest BCUT2D eigenvalue weighted by molar-refractivity contribution is -0.114. The number of carbonyl (C=O) groups excluding carboxylic acids is 4. The van der Waals surface area contributed by atoms with Crippen LogP contribution in [0, 0.1) is 5.92 Å². The molecule has 3 aromatic rings. The molecule has 0 spiro atoms. The molecule has 47 heavy (non-hydrogen) atoms. The van der Waals surface area contributed by atoms with Gasteiger partial charge in [0.05, 0.1) is 48.6 Å². The van der Waals surface area contributed by atoms with Crippen molar-refractivity contribution in [2.24, 2.45) is 5.92 Å². The summed E-state index contributed by atoms with van der Waals surface area (Å²) < 4.78 is 22.8. The molecule has 0 saturated heterocycles. The Morgan fingerprint density at radius 1 is 0.638 bits per heavy atom. The topological polar surface area (TPSA) is 141 Å². The number of hydrogen-bond acceptors (Lipinski definition) is 8. The van der Waals surface area contributed by atoms with E-state index in [2.05, 4.69) is 16.0 Å². The molecule has 2 unspecified atom stereocenters. The van der Waals surface area contributed by atoms with E-state index in [0.29, 0.717) is 59.3 Å². The van der Waals surface area contributed by atoms with Crippen LogP contribution in [-0.2, 0) is 9.53 Å². The normalized spacial score (nSPS) is 12.0. The van der Waals surface area contributed by atoms with Gasteiger partial charge in [0, 0.05) is 18.1 Å². The highest BCUT2D eigenvalue weighted by Crippen LogP contribution is 2.32. The van der Waals surface area contributed by atoms with E-state index in [4.69, 9.17) is 18.9 Å². The molecule has 3 N–H and O–H groups in total. The molecule has 0 bridgehead atoms. The van der Waals surface area contributed by atoms with E-state index in [-0.39, 0.29) is 35.2 Å². The van der Waals surface area contributed by atoms with Crippen LogP contribution < -0.4 is 30.2 Å². The minimum atomic E-state index is -0.524. The highest BCUT2D eigenvalue weighted by Gasteiger charge is 2.20. The van der Waals surface area contributed by atoms with Gasteiger partial charge in [0.25, 0.3) is 11.8 Å². The third-order valence-electron chi connectivity index (χ3n) is 7.08. The minimum absolute atomic E-state index is 0.170. The average Bonchev–Trinajstić information content (AvgIpc) is 3.04. The smallest absolute Gasteiger partial charge is 0.337 e. The van der Waals surface area contributed by atoms with Gasteiger partial charge in [0.2, 0.25) is 5.91 Å². The van der Waals surface area contributed by atoms with Crippen molar-refractivity contribution < 1.29 is 38.1 Å². The first-order chi connectivity index (χ1) is 22.3. The predicted molar refractivity (Wildman–Crippen MR) is 182 cm³/mol. The van der Waals surface area contributed by atoms with Crippen molar-refractivity contribution in [1.82, 2.24) is 0 Å². The molecule has 2 atom stereocenters. The molecule has 0 aliphatic carbocycles. The first-order valence-corrected chi connectivity index (χ1v) is 15.7. The lowest BCUT2D eigenvalue weighted by Crippen LogP contribution is -2.18. The second kappa shape index (κ2) is 17.0. The largest absolute Gasteiger partial charge is 0.491 e. The molecule has 252 valence electrons. The van der Waals surface area contributed by atoms with Gasteiger partial charge in [-0.2, -0.15) is 0 Å². The van der Waals surface area contributed by atoms with Gasteiger partial charge in [-0.1, -0.05) is 27.7 Å². The molecule has 0 aliphatic heterocycles. The Balaban J connectivity index is 1.91. The lowest BCUT2D eigenvalue weighted by atomic mass is 10.1. The van der Waals surface area contributed by atoms with Crippen molar-refractivity contribution in [3.8, 4) is 17.2 Å². The highest BCUT2D eigenvalue weighted by atomic mass is 16.5. The molecule has 0 saturated carbocycles. The van der Waals surface area contributed by atoms with Crippen LogP contribution in [0.15, 0.2) is 54.6 Å². The number of methoxy groups -OCH3 is 1. The van der Waals surface area contributed by atoms with Gasteiger partial charge in [-0.25, -0.2) is 4.79 Å². The van der Waals surface area contributed by atoms with E-state index in [1.54, 1.807) is 48.5 Å². The zero-order valence-corrected chi connectivity index (χ0v) is 28.3. The summed E-state index contributed by atoms with van der Waals surface area (Å²) in [6.07, 6.45) is 1.02. The van der Waals surface area contributed by atoms with Gasteiger partial charge in [-0.05, 0) is 87.2 Å². The highest BCUT2D eigenvalue weighted by molar-refractivity contribution is 6.08. The van der Waals surface area contributed by atoms with E-state index in [1.807, 2.05) is 41.5 Å². The predicted octanol–water partition coefficient (Wildman–Crippen LogP) is 7.33. The second-order valence-electron chi connectivity index (χ2n) is 11.6. The molecule has 3 aromatic carbocycles. The first kappa shape index (κ1) is 36.4. The van der Waals surface area contributed by atoms with Crippen LogP contribution in [0.2, 0.25) is 0 Å². The maximum Gasteiger partial charge on any atom is 0.337 e. The van der Waals surface area contributed by atoms with Crippen LogP contribution in [0.5, 0.6) is 17.2 Å². The molecular formula is C36H45N3O8. The van der Waals surface area contributed by atoms with Crippen molar-refractivity contribution >= 4 is 40.8 Å². The van der Waals surface area contributed by atoms with Crippen LogP contribution in [0.3, 0.4) is 0 Å². The van der Waals surface area contributed by atoms with Crippen LogP contribution in [0.4, 0.5) is 17.1 Å². The monoisotopic (exact) mass is 647 g/mol. The fraction of sp³-hybridized carbons (Fsp3) is 0.389. The number of carbonyl (C=O) groups is 4. The van der Waals surface area contributed by atoms with Gasteiger partial charge in [0.15, 0.2) is 0 Å². The Kier molecular flexibility index (Phi) is 13.2. The molecule has 11 nitrogen and oxygen atoms in total. The van der Waals surface area contributed by atoms with Crippen molar-refractivity contribution in [1.29, 1.82) is 0 Å². The van der Waals surface area contributed by atoms with Gasteiger partial charge in [-0.3, -0.25) is 14.4 Å². The molecule has 0 fully saturated rings. The third kappa shape index (κ3) is 10.5. The van der Waals surface area contributed by atoms with E-state index >= 15 is 0 Å². The van der Waals surface area contributed by atoms with Crippen molar-refractivity contribution in [3.63, 3.8) is 0 Å². The van der Waals surface area contributed by atoms with Crippen molar-refractivity contribution in [2.45, 2.75) is 73.5 Å². The van der Waals surface area contributed by atoms with Gasteiger partial charge in [-0.15, -0.1) is 0 Å². The molecule has 3 amide bonds. The molecule has 0 radical (unpaired) electrons. The molecule has 0 aliphatic rings. The zero-order chi connectivity index (χ0) is 34.7. The van der Waals surface area contributed by atoms with Gasteiger partial charge >= 0.3 is 5.97 Å². The number of benzene rings is 3. The maximum absolute atomic E-state index is 13.5. The van der Waals surface area contributed by atoms with E-state index in [0.717, 1.165) is 0 Å². The van der Waals surface area contributed by atoms with Gasteiger partial charge in [0.1, 0.15) is 17.2 Å². The van der Waals surface area contributed by atoms with Crippen LogP contribution in [0.25, 0.3) is 0 Å². The number of esters is 1. The summed E-state index contributed by atoms with van der Waals surface area (Å²) >= 11 is 0. The first-order valence-electron chi connectivity index (χ1n) is 15.7. The van der Waals surface area contributed by atoms with E-state index in [1.165, 1.54) is 20.1 Å². The van der Waals surface area contributed by atoms with Crippen LogP contribution in [0.1, 0.15) is 92.4 Å². The van der Waals surface area contributed by atoms with Crippen molar-refractivity contribution in [2.75, 3.05) is 29.7 Å². The van der Waals surface area contributed by atoms with Crippen molar-refractivity contribution in [3.05, 3.63) is 71.3 Å². The van der Waals surface area contributed by atoms with E-state index in [9.17, 15) is 19.2 Å². The fourth-order valence-corrected chi connectivity index (χ4v) is 4.15. The third-order valence-corrected chi connectivity index (χ3v) is 7.08. The zero-order valence-electron chi connectivity index (χ0n) is 28.3. The Morgan fingerprint density at radius 3 is 1.49 bits per heavy atom. The van der Waals surface area contributed by atoms with Crippen LogP contribution >= 0.6 is 0 Å². The second-order valence-corrected chi connectivity index (χ2v) is 11.6. The average molecular weight is 648 g/mol. The molecule has 11 heteroatoms. The maximum atomic E-state index is 13.5. The fourth-order valence-electron chi connectivity index (χ4n) is 4.15. The van der Waals surface area contributed by atoms with Crippen LogP contribution in [-0.4, -0.2) is 49.6 Å². The summed E-state index contributed by atoms with van der Waals surface area (Å²) in [6.45, 7) is 13.5.